The van der Waals surface area contributed by atoms with Crippen LogP contribution in [0.4, 0.5) is 0 Å². The number of ether oxygens (including phenoxy) is 1. The lowest BCUT2D eigenvalue weighted by molar-refractivity contribution is -0.122. The lowest BCUT2D eigenvalue weighted by Crippen LogP contribution is -2.38. The molecule has 0 saturated heterocycles. The normalized spacial score (nSPS) is 14.7. The van der Waals surface area contributed by atoms with Crippen LogP contribution in [0.15, 0.2) is 0 Å². The van der Waals surface area contributed by atoms with Crippen LogP contribution in [-0.2, 0) is 23.1 Å². The van der Waals surface area contributed by atoms with Crippen LogP contribution in [-0.4, -0.2) is 46.3 Å². The second-order valence-electron chi connectivity index (χ2n) is 8.13. The molecule has 1 fully saturated rings. The summed E-state index contributed by atoms with van der Waals surface area (Å²) in [7, 11) is 3.44. The minimum atomic E-state index is -0.0579. The van der Waals surface area contributed by atoms with E-state index in [-0.39, 0.29) is 11.8 Å². The van der Waals surface area contributed by atoms with Crippen molar-refractivity contribution in [2.75, 3.05) is 13.7 Å². The van der Waals surface area contributed by atoms with Crippen molar-refractivity contribution in [2.45, 2.75) is 71.3 Å². The Hall–Kier alpha value is -2.64. The fourth-order valence-electron chi connectivity index (χ4n) is 4.30. The maximum atomic E-state index is 12.3. The van der Waals surface area contributed by atoms with Gasteiger partial charge in [-0.25, -0.2) is 9.67 Å². The molecule has 8 heteroatoms. The van der Waals surface area contributed by atoms with Crippen molar-refractivity contribution >= 4 is 22.8 Å². The molecule has 0 aliphatic heterocycles. The van der Waals surface area contributed by atoms with Crippen molar-refractivity contribution in [3.8, 4) is 5.88 Å². The summed E-state index contributed by atoms with van der Waals surface area (Å²) in [6, 6.07) is 0.305. The number of methoxy groups -OCH3 is 1. The van der Waals surface area contributed by atoms with Gasteiger partial charge in [0, 0.05) is 38.2 Å². The lowest BCUT2D eigenvalue weighted by atomic mass is 9.95. The van der Waals surface area contributed by atoms with Crippen LogP contribution in [0.25, 0.3) is 11.0 Å². The van der Waals surface area contributed by atoms with Crippen molar-refractivity contribution in [1.82, 2.24) is 25.4 Å². The molecular weight excluding hydrogens is 382 g/mol. The molecule has 0 atom stereocenters. The Morgan fingerprint density at radius 1 is 1.13 bits per heavy atom. The van der Waals surface area contributed by atoms with Gasteiger partial charge in [0.05, 0.1) is 12.5 Å². The Kier molecular flexibility index (Phi) is 7.29. The molecule has 1 saturated carbocycles. The van der Waals surface area contributed by atoms with E-state index in [9.17, 15) is 9.59 Å². The third-order valence-corrected chi connectivity index (χ3v) is 5.96. The Balaban J connectivity index is 1.51. The van der Waals surface area contributed by atoms with Crippen LogP contribution in [0.3, 0.4) is 0 Å². The Morgan fingerprint density at radius 3 is 2.57 bits per heavy atom. The van der Waals surface area contributed by atoms with E-state index in [4.69, 9.17) is 4.74 Å². The van der Waals surface area contributed by atoms with Gasteiger partial charge in [-0.3, -0.25) is 9.59 Å². The summed E-state index contributed by atoms with van der Waals surface area (Å²) >= 11 is 0. The van der Waals surface area contributed by atoms with Crippen molar-refractivity contribution in [2.24, 2.45) is 7.05 Å². The molecule has 1 aliphatic carbocycles. The second kappa shape index (κ2) is 9.91. The van der Waals surface area contributed by atoms with E-state index in [1.54, 1.807) is 11.8 Å². The van der Waals surface area contributed by atoms with Crippen LogP contribution in [0.1, 0.15) is 61.8 Å². The number of pyridine rings is 1. The van der Waals surface area contributed by atoms with Crippen LogP contribution in [0.5, 0.6) is 5.88 Å². The summed E-state index contributed by atoms with van der Waals surface area (Å²) < 4.78 is 7.10. The molecule has 2 N–H and O–H groups in total. The molecule has 0 bridgehead atoms. The van der Waals surface area contributed by atoms with Crippen LogP contribution >= 0.6 is 0 Å². The first-order valence-corrected chi connectivity index (χ1v) is 10.8. The van der Waals surface area contributed by atoms with Gasteiger partial charge in [-0.2, -0.15) is 0 Å². The minimum Gasteiger partial charge on any atom is -0.479 e. The largest absolute Gasteiger partial charge is 0.479 e. The summed E-state index contributed by atoms with van der Waals surface area (Å²) in [6.45, 7) is 4.34. The first-order valence-electron chi connectivity index (χ1n) is 10.8. The van der Waals surface area contributed by atoms with E-state index in [2.05, 4.69) is 20.7 Å². The Bertz CT molecular complexity index is 915. The van der Waals surface area contributed by atoms with Gasteiger partial charge in [0.15, 0.2) is 5.65 Å². The first kappa shape index (κ1) is 22.1. The Labute approximate surface area is 177 Å². The molecule has 30 heavy (non-hydrogen) atoms. The van der Waals surface area contributed by atoms with Gasteiger partial charge in [-0.05, 0) is 44.2 Å². The highest BCUT2D eigenvalue weighted by Gasteiger charge is 2.19. The summed E-state index contributed by atoms with van der Waals surface area (Å²) in [5.74, 6) is 0.511. The molecule has 0 radical (unpaired) electrons. The van der Waals surface area contributed by atoms with Crippen LogP contribution in [0.2, 0.25) is 0 Å². The van der Waals surface area contributed by atoms with Gasteiger partial charge >= 0.3 is 0 Å². The number of aryl methyl sites for hydroxylation is 3. The number of rotatable bonds is 8. The van der Waals surface area contributed by atoms with E-state index < -0.39 is 0 Å². The zero-order valence-electron chi connectivity index (χ0n) is 18.5. The smallest absolute Gasteiger partial charge is 0.242 e. The standard InChI is InChI=1S/C22H33N5O3/c1-14-17(15(2)24-21-20(14)22(30-4)26-27(21)3)10-11-18(28)23-13-12-19(29)25-16-8-6-5-7-9-16/h16H,5-13H2,1-4H3,(H,23,28)(H,25,29). The van der Waals surface area contributed by atoms with E-state index >= 15 is 0 Å². The average Bonchev–Trinajstić information content (AvgIpc) is 3.04. The van der Waals surface area contributed by atoms with Gasteiger partial charge in [-0.15, -0.1) is 5.10 Å². The number of hydrogen-bond acceptors (Lipinski definition) is 5. The predicted molar refractivity (Wildman–Crippen MR) is 115 cm³/mol. The highest BCUT2D eigenvalue weighted by atomic mass is 16.5. The summed E-state index contributed by atoms with van der Waals surface area (Å²) in [5, 5.41) is 11.2. The molecule has 2 aromatic rings. The van der Waals surface area contributed by atoms with Gasteiger partial charge in [0.25, 0.3) is 0 Å². The van der Waals surface area contributed by atoms with E-state index in [0.29, 0.717) is 37.7 Å². The number of carbonyl (C=O) groups excluding carboxylic acids is 2. The van der Waals surface area contributed by atoms with Crippen molar-refractivity contribution in [3.05, 3.63) is 16.8 Å². The molecule has 2 amide bonds. The summed E-state index contributed by atoms with van der Waals surface area (Å²) in [4.78, 5) is 29.0. The predicted octanol–water partition coefficient (Wildman–Crippen LogP) is 2.48. The number of fused-ring (bicyclic) bond motifs is 1. The highest BCUT2D eigenvalue weighted by molar-refractivity contribution is 5.86. The third-order valence-electron chi connectivity index (χ3n) is 5.96. The van der Waals surface area contributed by atoms with Crippen molar-refractivity contribution < 1.29 is 14.3 Å². The number of hydrogen-bond donors (Lipinski definition) is 2. The van der Waals surface area contributed by atoms with Crippen molar-refractivity contribution in [1.29, 1.82) is 0 Å². The summed E-state index contributed by atoms with van der Waals surface area (Å²) in [5.41, 5.74) is 3.76. The SMILES string of the molecule is COc1nn(C)c2nc(C)c(CCC(=O)NCCC(=O)NC3CCCCC3)c(C)c12. The number of nitrogens with one attached hydrogen (secondary N) is 2. The zero-order valence-corrected chi connectivity index (χ0v) is 18.5. The molecule has 2 aromatic heterocycles. The number of amides is 2. The fourth-order valence-corrected chi connectivity index (χ4v) is 4.30. The highest BCUT2D eigenvalue weighted by Crippen LogP contribution is 2.30. The fraction of sp³-hybridized carbons (Fsp3) is 0.636. The van der Waals surface area contributed by atoms with E-state index in [1.807, 2.05) is 20.9 Å². The molecule has 2 heterocycles. The first-order chi connectivity index (χ1) is 14.4. The number of nitrogens with zero attached hydrogens (tertiary/aromatic N) is 3. The van der Waals surface area contributed by atoms with Crippen LogP contribution < -0.4 is 15.4 Å². The molecule has 0 spiro atoms. The monoisotopic (exact) mass is 415 g/mol. The molecular formula is C22H33N5O3. The molecule has 0 unspecified atom stereocenters. The number of aromatic nitrogens is 3. The molecule has 1 aliphatic rings. The lowest BCUT2D eigenvalue weighted by Gasteiger charge is -2.22. The molecule has 8 nitrogen and oxygen atoms in total. The topological polar surface area (TPSA) is 98.1 Å². The molecule has 3 rings (SSSR count). The maximum Gasteiger partial charge on any atom is 0.242 e. The molecule has 164 valence electrons. The van der Waals surface area contributed by atoms with Gasteiger partial charge in [-0.1, -0.05) is 19.3 Å². The van der Waals surface area contributed by atoms with Crippen molar-refractivity contribution in [3.63, 3.8) is 0 Å². The second-order valence-corrected chi connectivity index (χ2v) is 8.13. The van der Waals surface area contributed by atoms with Gasteiger partial charge < -0.3 is 15.4 Å². The quantitative estimate of drug-likeness (QED) is 0.690. The van der Waals surface area contributed by atoms with E-state index in [1.165, 1.54) is 19.3 Å². The summed E-state index contributed by atoms with van der Waals surface area (Å²) in [6.07, 6.45) is 7.02. The van der Waals surface area contributed by atoms with Gasteiger partial charge in [0.2, 0.25) is 17.7 Å². The average molecular weight is 416 g/mol. The maximum absolute atomic E-state index is 12.3. The Morgan fingerprint density at radius 2 is 1.87 bits per heavy atom. The third kappa shape index (κ3) is 5.09. The van der Waals surface area contributed by atoms with E-state index in [0.717, 1.165) is 40.7 Å². The zero-order chi connectivity index (χ0) is 21.7. The van der Waals surface area contributed by atoms with Crippen LogP contribution in [0, 0.1) is 13.8 Å². The molecule has 0 aromatic carbocycles. The minimum absolute atomic E-state index is 0.0206. The number of carbonyl (C=O) groups is 2. The van der Waals surface area contributed by atoms with Gasteiger partial charge in [0.1, 0.15) is 0 Å².